The van der Waals surface area contributed by atoms with E-state index in [2.05, 4.69) is 5.32 Å². The molecule has 46 heavy (non-hydrogen) atoms. The molecule has 8 nitrogen and oxygen atoms in total. The zero-order chi connectivity index (χ0) is 33.3. The number of carbonyl (C=O) groups excluding carboxylic acids is 2. The Balaban J connectivity index is 1.66. The average molecular weight is 683 g/mol. The van der Waals surface area contributed by atoms with Crippen LogP contribution >= 0.6 is 23.2 Å². The van der Waals surface area contributed by atoms with E-state index >= 15 is 0 Å². The maximum atomic E-state index is 14.3. The highest BCUT2D eigenvalue weighted by Gasteiger charge is 2.33. The first kappa shape index (κ1) is 34.8. The topological polar surface area (TPSA) is 96.0 Å². The van der Waals surface area contributed by atoms with Crippen LogP contribution in [-0.4, -0.2) is 50.0 Å². The molecule has 0 aliphatic heterocycles. The minimum absolute atomic E-state index is 0.0539. The van der Waals surface area contributed by atoms with E-state index < -0.39 is 28.5 Å². The highest BCUT2D eigenvalue weighted by Crippen LogP contribution is 2.26. The van der Waals surface area contributed by atoms with Gasteiger partial charge in [-0.2, -0.15) is 0 Å². The van der Waals surface area contributed by atoms with Crippen molar-refractivity contribution in [1.29, 1.82) is 0 Å². The molecule has 1 atom stereocenters. The summed E-state index contributed by atoms with van der Waals surface area (Å²) >= 11 is 12.7. The lowest BCUT2D eigenvalue weighted by Gasteiger charge is -2.34. The van der Waals surface area contributed by atoms with Crippen LogP contribution in [0.2, 0.25) is 10.0 Å². The van der Waals surface area contributed by atoms with Crippen LogP contribution < -0.4 is 14.4 Å². The van der Waals surface area contributed by atoms with E-state index in [1.54, 1.807) is 42.5 Å². The summed E-state index contributed by atoms with van der Waals surface area (Å²) in [5, 5.41) is 3.66. The molecule has 0 saturated heterocycles. The maximum Gasteiger partial charge on any atom is 0.244 e. The largest absolute Gasteiger partial charge is 0.489 e. The summed E-state index contributed by atoms with van der Waals surface area (Å²) in [5.41, 5.74) is 2.65. The number of nitrogens with zero attached hydrogens (tertiary/aromatic N) is 2. The first-order valence-corrected chi connectivity index (χ1v) is 17.3. The van der Waals surface area contributed by atoms with Gasteiger partial charge in [-0.05, 0) is 66.9 Å². The summed E-state index contributed by atoms with van der Waals surface area (Å²) in [5.74, 6) is -0.413. The summed E-state index contributed by atoms with van der Waals surface area (Å²) in [6.45, 7) is 3.41. The molecular weight excluding hydrogens is 645 g/mol. The van der Waals surface area contributed by atoms with Gasteiger partial charge in [-0.1, -0.05) is 89.9 Å². The van der Waals surface area contributed by atoms with E-state index in [0.717, 1.165) is 21.7 Å². The third-order valence-corrected chi connectivity index (χ3v) is 8.84. The normalized spacial score (nSPS) is 12.0. The first-order valence-electron chi connectivity index (χ1n) is 14.7. The number of amides is 2. The molecule has 11 heteroatoms. The van der Waals surface area contributed by atoms with Gasteiger partial charge in [0.05, 0.1) is 11.9 Å². The van der Waals surface area contributed by atoms with Crippen molar-refractivity contribution >= 4 is 50.7 Å². The number of nitrogens with one attached hydrogen (secondary N) is 1. The number of anilines is 1. The van der Waals surface area contributed by atoms with Gasteiger partial charge in [0.25, 0.3) is 0 Å². The molecule has 4 aromatic carbocycles. The van der Waals surface area contributed by atoms with Gasteiger partial charge in [-0.15, -0.1) is 0 Å². The fourth-order valence-corrected chi connectivity index (χ4v) is 6.15. The molecular formula is C35H37Cl2N3O5S. The average Bonchev–Trinajstić information content (AvgIpc) is 3.02. The van der Waals surface area contributed by atoms with Crippen molar-refractivity contribution in [2.75, 3.05) is 17.1 Å². The molecule has 0 bridgehead atoms. The molecule has 4 aromatic rings. The molecule has 0 fully saturated rings. The van der Waals surface area contributed by atoms with Crippen LogP contribution in [0.25, 0.3) is 0 Å². The lowest BCUT2D eigenvalue weighted by Crippen LogP contribution is -2.54. The first-order chi connectivity index (χ1) is 21.9. The lowest BCUT2D eigenvalue weighted by atomic mass is 10.0. The lowest BCUT2D eigenvalue weighted by molar-refractivity contribution is -0.140. The number of carbonyl (C=O) groups is 2. The predicted octanol–water partition coefficient (Wildman–Crippen LogP) is 6.50. The quantitative estimate of drug-likeness (QED) is 0.164. The number of sulfonamides is 1. The molecule has 0 aliphatic carbocycles. The van der Waals surface area contributed by atoms with Gasteiger partial charge in [0, 0.05) is 29.1 Å². The SMILES string of the molecule is CC(C)NC(=O)C(Cc1ccccc1)N(Cc1ccc(Cl)cc1Cl)C(=O)CN(c1ccc(OCc2ccccc2)cc1)S(C)(=O)=O. The van der Waals surface area contributed by atoms with Crippen LogP contribution in [0.15, 0.2) is 103 Å². The number of ether oxygens (including phenoxy) is 1. The molecule has 1 N–H and O–H groups in total. The molecule has 0 aromatic heterocycles. The van der Waals surface area contributed by atoms with Crippen molar-refractivity contribution in [2.45, 2.75) is 45.5 Å². The predicted molar refractivity (Wildman–Crippen MR) is 184 cm³/mol. The fourth-order valence-electron chi connectivity index (χ4n) is 4.83. The van der Waals surface area contributed by atoms with E-state index in [9.17, 15) is 18.0 Å². The Bertz CT molecular complexity index is 1720. The zero-order valence-corrected chi connectivity index (χ0v) is 28.2. The van der Waals surface area contributed by atoms with Crippen molar-refractivity contribution in [3.63, 3.8) is 0 Å². The highest BCUT2D eigenvalue weighted by atomic mass is 35.5. The van der Waals surface area contributed by atoms with Crippen molar-refractivity contribution in [3.05, 3.63) is 130 Å². The molecule has 0 spiro atoms. The summed E-state index contributed by atoms with van der Waals surface area (Å²) < 4.78 is 33.0. The van der Waals surface area contributed by atoms with E-state index in [1.165, 1.54) is 4.90 Å². The second-order valence-corrected chi connectivity index (χ2v) is 13.9. The molecule has 1 unspecified atom stereocenters. The molecule has 242 valence electrons. The number of rotatable bonds is 14. The Morgan fingerprint density at radius 3 is 2.02 bits per heavy atom. The van der Waals surface area contributed by atoms with Gasteiger partial charge in [-0.3, -0.25) is 13.9 Å². The summed E-state index contributed by atoms with van der Waals surface area (Å²) in [7, 11) is -3.92. The Morgan fingerprint density at radius 1 is 0.848 bits per heavy atom. The van der Waals surface area contributed by atoms with Crippen LogP contribution in [0.1, 0.15) is 30.5 Å². The fraction of sp³-hybridized carbons (Fsp3) is 0.257. The molecule has 0 heterocycles. The van der Waals surface area contributed by atoms with Crippen LogP contribution in [0.4, 0.5) is 5.69 Å². The van der Waals surface area contributed by atoms with E-state index in [1.807, 2.05) is 74.5 Å². The Hall–Kier alpha value is -4.05. The molecule has 0 aliphatic rings. The van der Waals surface area contributed by atoms with E-state index in [-0.39, 0.29) is 30.6 Å². The highest BCUT2D eigenvalue weighted by molar-refractivity contribution is 7.92. The monoisotopic (exact) mass is 681 g/mol. The van der Waals surface area contributed by atoms with Crippen molar-refractivity contribution in [3.8, 4) is 5.75 Å². The van der Waals surface area contributed by atoms with Crippen LogP contribution in [0, 0.1) is 0 Å². The molecule has 4 rings (SSSR count). The van der Waals surface area contributed by atoms with Crippen molar-refractivity contribution in [1.82, 2.24) is 10.2 Å². The van der Waals surface area contributed by atoms with Crippen molar-refractivity contribution < 1.29 is 22.7 Å². The summed E-state index contributed by atoms with van der Waals surface area (Å²) in [4.78, 5) is 29.3. The van der Waals surface area contributed by atoms with Crippen molar-refractivity contribution in [2.24, 2.45) is 0 Å². The van der Waals surface area contributed by atoms with Gasteiger partial charge in [0.1, 0.15) is 24.9 Å². The van der Waals surface area contributed by atoms with Crippen LogP contribution in [-0.2, 0) is 39.2 Å². The maximum absolute atomic E-state index is 14.3. The number of hydrogen-bond donors (Lipinski definition) is 1. The minimum atomic E-state index is -3.92. The van der Waals surface area contributed by atoms with E-state index in [0.29, 0.717) is 28.0 Å². The zero-order valence-electron chi connectivity index (χ0n) is 25.9. The number of hydrogen-bond acceptors (Lipinski definition) is 5. The van der Waals surface area contributed by atoms with Gasteiger partial charge in [-0.25, -0.2) is 8.42 Å². The smallest absolute Gasteiger partial charge is 0.244 e. The summed E-state index contributed by atoms with van der Waals surface area (Å²) in [6, 6.07) is 29.2. The third-order valence-electron chi connectivity index (χ3n) is 7.11. The Kier molecular flexibility index (Phi) is 12.1. The van der Waals surface area contributed by atoms with Gasteiger partial charge < -0.3 is 15.0 Å². The van der Waals surface area contributed by atoms with Gasteiger partial charge in [0.2, 0.25) is 21.8 Å². The standard InChI is InChI=1S/C35H37Cl2N3O5S/c1-25(2)38-35(42)33(20-26-10-6-4-7-11-26)39(22-28-14-15-29(36)21-32(28)37)34(41)23-40(46(3,43)44)30-16-18-31(19-17-30)45-24-27-12-8-5-9-13-27/h4-19,21,25,33H,20,22-24H2,1-3H3,(H,38,42). The second kappa shape index (κ2) is 16.0. The van der Waals surface area contributed by atoms with Gasteiger partial charge >= 0.3 is 0 Å². The second-order valence-electron chi connectivity index (χ2n) is 11.2. The third kappa shape index (κ3) is 9.97. The molecule has 0 saturated carbocycles. The summed E-state index contributed by atoms with van der Waals surface area (Å²) in [6.07, 6.45) is 1.23. The van der Waals surface area contributed by atoms with Crippen LogP contribution in [0.3, 0.4) is 0 Å². The Morgan fingerprint density at radius 2 is 1.46 bits per heavy atom. The van der Waals surface area contributed by atoms with E-state index in [4.69, 9.17) is 27.9 Å². The van der Waals surface area contributed by atoms with Crippen LogP contribution in [0.5, 0.6) is 5.75 Å². The minimum Gasteiger partial charge on any atom is -0.489 e. The molecule has 0 radical (unpaired) electrons. The Labute approximate surface area is 280 Å². The number of benzene rings is 4. The van der Waals surface area contributed by atoms with Gasteiger partial charge in [0.15, 0.2) is 0 Å². The number of halogens is 2. The molecule has 2 amide bonds.